The molecule has 0 aromatic carbocycles. The van der Waals surface area contributed by atoms with Gasteiger partial charge in [0.2, 0.25) is 5.91 Å². The van der Waals surface area contributed by atoms with Gasteiger partial charge in [-0.1, -0.05) is 12.5 Å². The molecule has 1 aliphatic heterocycles. The molecule has 3 unspecified atom stereocenters. The minimum Gasteiger partial charge on any atom is -0.320 e. The maximum absolute atomic E-state index is 12.7. The molecule has 3 atom stereocenters. The quantitative estimate of drug-likeness (QED) is 0.814. The summed E-state index contributed by atoms with van der Waals surface area (Å²) in [4.78, 5) is 19.1. The molecule has 0 aromatic heterocycles. The van der Waals surface area contributed by atoms with E-state index in [0.29, 0.717) is 11.8 Å². The van der Waals surface area contributed by atoms with Crippen molar-refractivity contribution in [2.45, 2.75) is 71.8 Å². The van der Waals surface area contributed by atoms with Gasteiger partial charge in [0.25, 0.3) is 0 Å². The van der Waals surface area contributed by atoms with E-state index in [1.54, 1.807) is 6.92 Å². The zero-order chi connectivity index (χ0) is 16.8. The molecule has 0 spiro atoms. The third kappa shape index (κ3) is 4.90. The summed E-state index contributed by atoms with van der Waals surface area (Å²) in [5.74, 6) is 1.13. The van der Waals surface area contributed by atoms with Crippen molar-refractivity contribution in [1.29, 1.82) is 0 Å². The van der Waals surface area contributed by atoms with Crippen LogP contribution in [0, 0.1) is 11.8 Å². The molecule has 0 saturated carbocycles. The van der Waals surface area contributed by atoms with Gasteiger partial charge in [-0.25, -0.2) is 0 Å². The molecule has 2 aliphatic rings. The molecule has 1 heterocycles. The number of hydrogen-bond acceptors (Lipinski definition) is 3. The van der Waals surface area contributed by atoms with Crippen LogP contribution >= 0.6 is 0 Å². The fraction of sp³-hybridized carbons (Fsp3) is 0.789. The summed E-state index contributed by atoms with van der Waals surface area (Å²) in [7, 11) is 0. The predicted molar refractivity (Wildman–Crippen MR) is 96.4 cm³/mol. The number of amides is 1. The van der Waals surface area contributed by atoms with Gasteiger partial charge in [0.15, 0.2) is 0 Å². The van der Waals surface area contributed by atoms with Crippen molar-refractivity contribution in [1.82, 2.24) is 4.90 Å². The minimum atomic E-state index is -0.430. The van der Waals surface area contributed by atoms with Crippen LogP contribution in [0.25, 0.3) is 0 Å². The topological polar surface area (TPSA) is 58.7 Å². The summed E-state index contributed by atoms with van der Waals surface area (Å²) in [5.41, 5.74) is 8.53. The van der Waals surface area contributed by atoms with Gasteiger partial charge in [-0.15, -0.1) is 0 Å². The Morgan fingerprint density at radius 1 is 1.43 bits per heavy atom. The molecule has 0 fully saturated rings. The second-order valence-electron chi connectivity index (χ2n) is 7.34. The third-order valence-electron chi connectivity index (χ3n) is 5.17. The summed E-state index contributed by atoms with van der Waals surface area (Å²) in [6.07, 6.45) is 10.2. The molecule has 4 nitrogen and oxygen atoms in total. The first-order chi connectivity index (χ1) is 11.0. The lowest BCUT2D eigenvalue weighted by molar-refractivity contribution is -0.130. The fourth-order valence-corrected chi connectivity index (χ4v) is 3.92. The van der Waals surface area contributed by atoms with Crippen LogP contribution in [0.4, 0.5) is 0 Å². The summed E-state index contributed by atoms with van der Waals surface area (Å²) in [6, 6.07) is -0.430. The zero-order valence-corrected chi connectivity index (χ0v) is 15.1. The lowest BCUT2D eigenvalue weighted by Gasteiger charge is -2.35. The number of aliphatic imine (C=N–C) groups is 1. The first-order valence-electron chi connectivity index (χ1n) is 9.27. The van der Waals surface area contributed by atoms with E-state index in [9.17, 15) is 4.79 Å². The molecule has 23 heavy (non-hydrogen) atoms. The van der Waals surface area contributed by atoms with E-state index in [1.807, 2.05) is 4.90 Å². The maximum Gasteiger partial charge on any atom is 0.243 e. The fourth-order valence-electron chi connectivity index (χ4n) is 3.92. The minimum absolute atomic E-state index is 0.0745. The molecule has 2 rings (SSSR count). The van der Waals surface area contributed by atoms with Gasteiger partial charge in [-0.3, -0.25) is 9.79 Å². The number of carbonyl (C=O) groups excluding carboxylic acids is 1. The second kappa shape index (κ2) is 8.62. The van der Waals surface area contributed by atoms with E-state index in [4.69, 9.17) is 5.73 Å². The largest absolute Gasteiger partial charge is 0.320 e. The van der Waals surface area contributed by atoms with Gasteiger partial charge in [0, 0.05) is 25.0 Å². The van der Waals surface area contributed by atoms with Crippen molar-refractivity contribution in [2.24, 2.45) is 22.6 Å². The van der Waals surface area contributed by atoms with Crippen molar-refractivity contribution in [2.75, 3.05) is 13.1 Å². The highest BCUT2D eigenvalue weighted by atomic mass is 16.2. The summed E-state index contributed by atoms with van der Waals surface area (Å²) < 4.78 is 0. The number of allylic oxidation sites excluding steroid dienone is 2. The highest BCUT2D eigenvalue weighted by Gasteiger charge is 2.28. The van der Waals surface area contributed by atoms with Crippen molar-refractivity contribution in [3.63, 3.8) is 0 Å². The molecule has 0 bridgehead atoms. The van der Waals surface area contributed by atoms with E-state index in [0.717, 1.165) is 32.4 Å². The van der Waals surface area contributed by atoms with E-state index in [-0.39, 0.29) is 5.91 Å². The van der Waals surface area contributed by atoms with E-state index < -0.39 is 6.04 Å². The monoisotopic (exact) mass is 319 g/mol. The van der Waals surface area contributed by atoms with Crippen molar-refractivity contribution in [3.8, 4) is 0 Å². The van der Waals surface area contributed by atoms with Crippen LogP contribution in [-0.2, 0) is 4.79 Å². The Bertz CT molecular complexity index is 467. The molecule has 0 radical (unpaired) electrons. The van der Waals surface area contributed by atoms with Crippen LogP contribution in [0.3, 0.4) is 0 Å². The van der Waals surface area contributed by atoms with E-state index >= 15 is 0 Å². The summed E-state index contributed by atoms with van der Waals surface area (Å²) in [6.45, 7) is 8.00. The van der Waals surface area contributed by atoms with Crippen LogP contribution < -0.4 is 5.73 Å². The number of nitrogens with two attached hydrogens (primary N) is 1. The summed E-state index contributed by atoms with van der Waals surface area (Å²) in [5, 5.41) is 0. The van der Waals surface area contributed by atoms with Crippen molar-refractivity contribution >= 4 is 12.1 Å². The molecule has 1 amide bonds. The Hall–Kier alpha value is -1.16. The van der Waals surface area contributed by atoms with Crippen LogP contribution in [0.5, 0.6) is 0 Å². The number of rotatable bonds is 6. The molecule has 0 saturated heterocycles. The number of nitrogens with zero attached hydrogens (tertiary/aromatic N) is 2. The van der Waals surface area contributed by atoms with E-state index in [1.165, 1.54) is 37.0 Å². The lowest BCUT2D eigenvalue weighted by Crippen LogP contribution is -2.44. The number of carbonyl (C=O) groups is 1. The lowest BCUT2D eigenvalue weighted by atomic mass is 9.87. The molecule has 4 heteroatoms. The van der Waals surface area contributed by atoms with Gasteiger partial charge >= 0.3 is 0 Å². The number of hydrogen-bond donors (Lipinski definition) is 1. The Morgan fingerprint density at radius 2 is 2.22 bits per heavy atom. The first-order valence-corrected chi connectivity index (χ1v) is 9.27. The third-order valence-corrected chi connectivity index (χ3v) is 5.17. The average molecular weight is 319 g/mol. The van der Waals surface area contributed by atoms with Crippen LogP contribution in [0.1, 0.15) is 65.7 Å². The normalized spacial score (nSPS) is 26.3. The molecule has 0 aromatic rings. The molecule has 130 valence electrons. The Kier molecular flexibility index (Phi) is 6.82. The SMILES string of the molecule is CC1=C(N(CCCC2C=NCCC2)C(=O)C(C)N)C(C)CCC1. The van der Waals surface area contributed by atoms with E-state index in [2.05, 4.69) is 25.1 Å². The Labute approximate surface area is 141 Å². The zero-order valence-electron chi connectivity index (χ0n) is 15.1. The van der Waals surface area contributed by atoms with Gasteiger partial charge in [0.1, 0.15) is 0 Å². The van der Waals surface area contributed by atoms with Gasteiger partial charge in [-0.05, 0) is 70.6 Å². The van der Waals surface area contributed by atoms with Crippen LogP contribution in [-0.4, -0.2) is 36.2 Å². The average Bonchev–Trinajstić information content (AvgIpc) is 2.53. The Morgan fingerprint density at radius 3 is 2.83 bits per heavy atom. The Balaban J connectivity index is 2.04. The van der Waals surface area contributed by atoms with Crippen molar-refractivity contribution < 1.29 is 4.79 Å². The molecule has 1 aliphatic carbocycles. The predicted octanol–water partition coefficient (Wildman–Crippen LogP) is 3.52. The highest BCUT2D eigenvalue weighted by molar-refractivity contribution is 5.83. The van der Waals surface area contributed by atoms with Crippen LogP contribution in [0.15, 0.2) is 16.3 Å². The second-order valence-corrected chi connectivity index (χ2v) is 7.34. The molecular weight excluding hydrogens is 286 g/mol. The van der Waals surface area contributed by atoms with Gasteiger partial charge < -0.3 is 10.6 Å². The van der Waals surface area contributed by atoms with Gasteiger partial charge in [-0.2, -0.15) is 0 Å². The first kappa shape index (κ1) is 18.2. The highest BCUT2D eigenvalue weighted by Crippen LogP contribution is 2.32. The summed E-state index contributed by atoms with van der Waals surface area (Å²) >= 11 is 0. The standard InChI is InChI=1S/C19H33N3O/c1-14-7-4-8-15(2)18(14)22(19(23)16(3)20)12-6-10-17-9-5-11-21-13-17/h13-14,16-17H,4-12,20H2,1-3H3. The van der Waals surface area contributed by atoms with Crippen LogP contribution in [0.2, 0.25) is 0 Å². The smallest absolute Gasteiger partial charge is 0.243 e. The maximum atomic E-state index is 12.7. The van der Waals surface area contributed by atoms with Gasteiger partial charge in [0.05, 0.1) is 6.04 Å². The molecular formula is C19H33N3O. The molecule has 2 N–H and O–H groups in total. The van der Waals surface area contributed by atoms with Crippen molar-refractivity contribution in [3.05, 3.63) is 11.3 Å².